The van der Waals surface area contributed by atoms with E-state index in [0.717, 1.165) is 11.4 Å². The van der Waals surface area contributed by atoms with E-state index in [1.807, 2.05) is 30.3 Å². The second-order valence-electron chi connectivity index (χ2n) is 3.64. The van der Waals surface area contributed by atoms with E-state index in [2.05, 4.69) is 10.2 Å². The maximum Gasteiger partial charge on any atom is 0.159 e. The highest BCUT2D eigenvalue weighted by molar-refractivity contribution is 5.94. The lowest BCUT2D eigenvalue weighted by Crippen LogP contribution is -1.89. The molecule has 0 saturated carbocycles. The van der Waals surface area contributed by atoms with Gasteiger partial charge in [-0.05, 0) is 43.3 Å². The Bertz CT molecular complexity index is 530. The Labute approximate surface area is 99.8 Å². The summed E-state index contributed by atoms with van der Waals surface area (Å²) in [5.41, 5.74) is 2.23. The summed E-state index contributed by atoms with van der Waals surface area (Å²) >= 11 is 0. The molecular weight excluding hydrogens is 212 g/mol. The molecule has 0 N–H and O–H groups in total. The lowest BCUT2D eigenvalue weighted by Gasteiger charge is -1.95. The minimum Gasteiger partial charge on any atom is -0.295 e. The van der Waals surface area contributed by atoms with Crippen LogP contribution in [0.3, 0.4) is 0 Å². The zero-order valence-electron chi connectivity index (χ0n) is 9.50. The van der Waals surface area contributed by atoms with E-state index >= 15 is 0 Å². The van der Waals surface area contributed by atoms with Gasteiger partial charge in [-0.15, -0.1) is 0 Å². The first-order valence-corrected chi connectivity index (χ1v) is 5.33. The van der Waals surface area contributed by atoms with Crippen molar-refractivity contribution in [1.82, 2.24) is 0 Å². The quantitative estimate of drug-likeness (QED) is 0.566. The molecule has 0 fully saturated rings. The van der Waals surface area contributed by atoms with Crippen LogP contribution in [0.1, 0.15) is 17.3 Å². The second kappa shape index (κ2) is 5.16. The molecule has 0 aliphatic carbocycles. The van der Waals surface area contributed by atoms with Gasteiger partial charge >= 0.3 is 0 Å². The molecule has 2 aromatic rings. The van der Waals surface area contributed by atoms with Gasteiger partial charge in [0.2, 0.25) is 0 Å². The fraction of sp³-hybridized carbons (Fsp3) is 0.0714. The van der Waals surface area contributed by atoms with Crippen molar-refractivity contribution in [3.8, 4) is 0 Å². The highest BCUT2D eigenvalue weighted by atomic mass is 16.1. The van der Waals surface area contributed by atoms with Crippen molar-refractivity contribution in [3.63, 3.8) is 0 Å². The van der Waals surface area contributed by atoms with Crippen LogP contribution >= 0.6 is 0 Å². The number of rotatable bonds is 3. The monoisotopic (exact) mass is 224 g/mol. The van der Waals surface area contributed by atoms with Crippen LogP contribution in [0.5, 0.6) is 0 Å². The molecule has 0 heterocycles. The minimum absolute atomic E-state index is 0.0524. The zero-order chi connectivity index (χ0) is 12.1. The van der Waals surface area contributed by atoms with Gasteiger partial charge in [0.15, 0.2) is 5.78 Å². The van der Waals surface area contributed by atoms with Crippen LogP contribution < -0.4 is 0 Å². The van der Waals surface area contributed by atoms with Crippen LogP contribution in [0.2, 0.25) is 0 Å². The Hall–Kier alpha value is -2.29. The number of Topliss-reactive ketones (excluding diaryl/α,β-unsaturated/α-hetero) is 1. The molecule has 3 heteroatoms. The summed E-state index contributed by atoms with van der Waals surface area (Å²) in [7, 11) is 0. The third kappa shape index (κ3) is 3.08. The maximum absolute atomic E-state index is 11.1. The fourth-order valence-electron chi connectivity index (χ4n) is 1.37. The van der Waals surface area contributed by atoms with Crippen molar-refractivity contribution in [2.75, 3.05) is 0 Å². The van der Waals surface area contributed by atoms with Crippen LogP contribution in [0.25, 0.3) is 0 Å². The summed E-state index contributed by atoms with van der Waals surface area (Å²) < 4.78 is 0. The Kier molecular flexibility index (Phi) is 3.40. The predicted octanol–water partition coefficient (Wildman–Crippen LogP) is 4.30. The summed E-state index contributed by atoms with van der Waals surface area (Å²) in [6.45, 7) is 1.54. The number of carbonyl (C=O) groups is 1. The highest BCUT2D eigenvalue weighted by Crippen LogP contribution is 2.18. The van der Waals surface area contributed by atoms with E-state index in [4.69, 9.17) is 0 Å². The van der Waals surface area contributed by atoms with E-state index in [-0.39, 0.29) is 5.78 Å². The Morgan fingerprint density at radius 1 is 0.824 bits per heavy atom. The van der Waals surface area contributed by atoms with Crippen molar-refractivity contribution in [2.45, 2.75) is 6.92 Å². The van der Waals surface area contributed by atoms with Gasteiger partial charge < -0.3 is 0 Å². The van der Waals surface area contributed by atoms with Gasteiger partial charge in [0.1, 0.15) is 0 Å². The molecule has 0 unspecified atom stereocenters. The Balaban J connectivity index is 2.14. The lowest BCUT2D eigenvalue weighted by molar-refractivity contribution is 0.101. The summed E-state index contributed by atoms with van der Waals surface area (Å²) in [4.78, 5) is 11.1. The van der Waals surface area contributed by atoms with Gasteiger partial charge in [-0.2, -0.15) is 10.2 Å². The Morgan fingerprint density at radius 2 is 1.35 bits per heavy atom. The first-order chi connectivity index (χ1) is 8.25. The number of benzene rings is 2. The molecule has 3 nitrogen and oxygen atoms in total. The normalized spacial score (nSPS) is 10.6. The molecular formula is C14H12N2O. The largest absolute Gasteiger partial charge is 0.295 e. The zero-order valence-corrected chi connectivity index (χ0v) is 9.50. The molecule has 0 saturated heterocycles. The van der Waals surface area contributed by atoms with Crippen molar-refractivity contribution >= 4 is 17.2 Å². The number of hydrogen-bond acceptors (Lipinski definition) is 3. The third-order valence-electron chi connectivity index (χ3n) is 2.31. The van der Waals surface area contributed by atoms with Crippen molar-refractivity contribution in [3.05, 3.63) is 60.2 Å². The molecule has 0 aliphatic rings. The topological polar surface area (TPSA) is 41.8 Å². The number of azo groups is 1. The standard InChI is InChI=1S/C14H12N2O/c1-11(17)12-7-9-14(10-8-12)16-15-13-5-3-2-4-6-13/h2-10H,1H3. The summed E-state index contributed by atoms with van der Waals surface area (Å²) in [6, 6.07) is 16.6. The van der Waals surface area contributed by atoms with Crippen molar-refractivity contribution in [1.29, 1.82) is 0 Å². The summed E-state index contributed by atoms with van der Waals surface area (Å²) in [6.07, 6.45) is 0. The molecule has 2 aromatic carbocycles. The molecule has 84 valence electrons. The molecule has 17 heavy (non-hydrogen) atoms. The molecule has 0 bridgehead atoms. The summed E-state index contributed by atoms with van der Waals surface area (Å²) in [5, 5.41) is 8.18. The predicted molar refractivity (Wildman–Crippen MR) is 67.1 cm³/mol. The Morgan fingerprint density at radius 3 is 1.88 bits per heavy atom. The average Bonchev–Trinajstić information content (AvgIpc) is 2.38. The van der Waals surface area contributed by atoms with Gasteiger partial charge in [0.25, 0.3) is 0 Å². The van der Waals surface area contributed by atoms with Crippen LogP contribution in [0, 0.1) is 0 Å². The van der Waals surface area contributed by atoms with Crippen LogP contribution in [0.4, 0.5) is 11.4 Å². The molecule has 0 aromatic heterocycles. The highest BCUT2D eigenvalue weighted by Gasteiger charge is 1.97. The van der Waals surface area contributed by atoms with Gasteiger partial charge in [-0.1, -0.05) is 18.2 Å². The smallest absolute Gasteiger partial charge is 0.159 e. The fourth-order valence-corrected chi connectivity index (χ4v) is 1.37. The molecule has 0 spiro atoms. The number of ketones is 1. The van der Waals surface area contributed by atoms with Gasteiger partial charge in [-0.3, -0.25) is 4.79 Å². The van der Waals surface area contributed by atoms with Crippen molar-refractivity contribution in [2.24, 2.45) is 10.2 Å². The van der Waals surface area contributed by atoms with E-state index in [0.29, 0.717) is 5.56 Å². The van der Waals surface area contributed by atoms with Gasteiger partial charge in [0, 0.05) is 5.56 Å². The number of carbonyl (C=O) groups excluding carboxylic acids is 1. The molecule has 0 aliphatic heterocycles. The van der Waals surface area contributed by atoms with E-state index in [1.165, 1.54) is 0 Å². The number of hydrogen-bond donors (Lipinski definition) is 0. The lowest BCUT2D eigenvalue weighted by atomic mass is 10.1. The maximum atomic E-state index is 11.1. The first-order valence-electron chi connectivity index (χ1n) is 5.33. The first kappa shape index (κ1) is 11.2. The molecule has 2 rings (SSSR count). The van der Waals surface area contributed by atoms with E-state index in [1.54, 1.807) is 31.2 Å². The average molecular weight is 224 g/mol. The SMILES string of the molecule is CC(=O)c1ccc(N=Nc2ccccc2)cc1. The van der Waals surface area contributed by atoms with Gasteiger partial charge in [0.05, 0.1) is 11.4 Å². The van der Waals surface area contributed by atoms with E-state index < -0.39 is 0 Å². The third-order valence-corrected chi connectivity index (χ3v) is 2.31. The number of nitrogens with zero attached hydrogens (tertiary/aromatic N) is 2. The van der Waals surface area contributed by atoms with Crippen LogP contribution in [-0.2, 0) is 0 Å². The van der Waals surface area contributed by atoms with Crippen LogP contribution in [-0.4, -0.2) is 5.78 Å². The molecule has 0 radical (unpaired) electrons. The summed E-state index contributed by atoms with van der Waals surface area (Å²) in [5.74, 6) is 0.0524. The minimum atomic E-state index is 0.0524. The molecule has 0 amide bonds. The van der Waals surface area contributed by atoms with Gasteiger partial charge in [-0.25, -0.2) is 0 Å². The molecule has 0 atom stereocenters. The van der Waals surface area contributed by atoms with E-state index in [9.17, 15) is 4.79 Å². The second-order valence-corrected chi connectivity index (χ2v) is 3.64. The van der Waals surface area contributed by atoms with Crippen LogP contribution in [0.15, 0.2) is 64.8 Å². The van der Waals surface area contributed by atoms with Crippen molar-refractivity contribution < 1.29 is 4.79 Å².